The number of hydrogen-bond donors (Lipinski definition) is 2. The van der Waals surface area contributed by atoms with Crippen molar-refractivity contribution in [1.29, 1.82) is 0 Å². The van der Waals surface area contributed by atoms with Gasteiger partial charge in [0.15, 0.2) is 0 Å². The van der Waals surface area contributed by atoms with Gasteiger partial charge < -0.3 is 15.8 Å². The van der Waals surface area contributed by atoms with Gasteiger partial charge in [-0.15, -0.1) is 11.8 Å². The van der Waals surface area contributed by atoms with Crippen molar-refractivity contribution in [2.45, 2.75) is 11.8 Å². The van der Waals surface area contributed by atoms with Crippen molar-refractivity contribution in [3.8, 4) is 11.5 Å². The number of rotatable bonds is 7. The van der Waals surface area contributed by atoms with E-state index in [1.165, 1.54) is 17.3 Å². The molecule has 3 rings (SSSR count). The van der Waals surface area contributed by atoms with E-state index in [0.717, 1.165) is 5.75 Å². The second-order valence-electron chi connectivity index (χ2n) is 6.14. The number of amides is 2. The number of benzene rings is 3. The zero-order valence-corrected chi connectivity index (χ0v) is 16.2. The molecule has 3 N–H and O–H groups in total. The van der Waals surface area contributed by atoms with Crippen molar-refractivity contribution < 1.29 is 14.3 Å². The third kappa shape index (κ3) is 5.37. The minimum Gasteiger partial charge on any atom is -0.457 e. The lowest BCUT2D eigenvalue weighted by atomic mass is 10.2. The number of primary amides is 1. The Balaban J connectivity index is 1.66. The standard InChI is InChI=1S/C22H20N2O3S/c1-15-6-10-17(11-7-15)27-18-12-8-16(9-13-18)24-22(26)19-4-2-3-5-20(19)28-14-21(23)25/h2-13H,14H2,1H3,(H2,23,25)(H,24,26). The fourth-order valence-electron chi connectivity index (χ4n) is 2.48. The molecule has 0 heterocycles. The second-order valence-corrected chi connectivity index (χ2v) is 7.16. The number of aryl methyl sites for hydroxylation is 1. The van der Waals surface area contributed by atoms with Gasteiger partial charge in [0.2, 0.25) is 5.91 Å². The normalized spacial score (nSPS) is 10.3. The van der Waals surface area contributed by atoms with Crippen molar-refractivity contribution in [3.63, 3.8) is 0 Å². The number of carbonyl (C=O) groups is 2. The van der Waals surface area contributed by atoms with E-state index in [4.69, 9.17) is 10.5 Å². The van der Waals surface area contributed by atoms with Crippen LogP contribution in [0.2, 0.25) is 0 Å². The third-order valence-corrected chi connectivity index (χ3v) is 4.97. The summed E-state index contributed by atoms with van der Waals surface area (Å²) in [5.74, 6) is 0.876. The molecule has 28 heavy (non-hydrogen) atoms. The Labute approximate surface area is 167 Å². The van der Waals surface area contributed by atoms with Gasteiger partial charge in [0.25, 0.3) is 5.91 Å². The van der Waals surface area contributed by atoms with E-state index in [-0.39, 0.29) is 11.7 Å². The number of nitrogens with two attached hydrogens (primary N) is 1. The van der Waals surface area contributed by atoms with Gasteiger partial charge in [-0.3, -0.25) is 9.59 Å². The van der Waals surface area contributed by atoms with Crippen LogP contribution in [-0.4, -0.2) is 17.6 Å². The van der Waals surface area contributed by atoms with Crippen LogP contribution < -0.4 is 15.8 Å². The summed E-state index contributed by atoms with van der Waals surface area (Å²) in [5, 5.41) is 2.86. The Bertz CT molecular complexity index is 970. The number of hydrogen-bond acceptors (Lipinski definition) is 4. The van der Waals surface area contributed by atoms with Gasteiger partial charge in [-0.25, -0.2) is 0 Å². The van der Waals surface area contributed by atoms with E-state index in [2.05, 4.69) is 5.32 Å². The first-order valence-electron chi connectivity index (χ1n) is 8.67. The topological polar surface area (TPSA) is 81.4 Å². The molecular formula is C22H20N2O3S. The summed E-state index contributed by atoms with van der Waals surface area (Å²) in [6.07, 6.45) is 0. The molecule has 0 unspecified atom stereocenters. The molecule has 0 bridgehead atoms. The van der Waals surface area contributed by atoms with Crippen LogP contribution >= 0.6 is 11.8 Å². The maximum Gasteiger partial charge on any atom is 0.256 e. The lowest BCUT2D eigenvalue weighted by Crippen LogP contribution is -2.15. The predicted molar refractivity (Wildman–Crippen MR) is 112 cm³/mol. The Morgan fingerprint density at radius 2 is 1.54 bits per heavy atom. The maximum atomic E-state index is 12.6. The summed E-state index contributed by atoms with van der Waals surface area (Å²) in [6, 6.07) is 22.0. The minimum absolute atomic E-state index is 0.120. The molecule has 2 amide bonds. The molecule has 0 radical (unpaired) electrons. The lowest BCUT2D eigenvalue weighted by molar-refractivity contribution is -0.115. The van der Waals surface area contributed by atoms with Crippen LogP contribution in [0.1, 0.15) is 15.9 Å². The molecule has 142 valence electrons. The van der Waals surface area contributed by atoms with Crippen LogP contribution in [0, 0.1) is 6.92 Å². The summed E-state index contributed by atoms with van der Waals surface area (Å²) in [5.41, 5.74) is 7.50. The number of carbonyl (C=O) groups excluding carboxylic acids is 2. The summed E-state index contributed by atoms with van der Waals surface area (Å²) in [7, 11) is 0. The number of ether oxygens (including phenoxy) is 1. The molecule has 0 aliphatic carbocycles. The van der Waals surface area contributed by atoms with Gasteiger partial charge in [0, 0.05) is 10.6 Å². The summed E-state index contributed by atoms with van der Waals surface area (Å²) >= 11 is 1.24. The van der Waals surface area contributed by atoms with Crippen LogP contribution in [0.4, 0.5) is 5.69 Å². The third-order valence-electron chi connectivity index (χ3n) is 3.87. The van der Waals surface area contributed by atoms with Gasteiger partial charge in [-0.05, 0) is 55.5 Å². The van der Waals surface area contributed by atoms with E-state index < -0.39 is 5.91 Å². The van der Waals surface area contributed by atoms with Crippen LogP contribution in [0.25, 0.3) is 0 Å². The van der Waals surface area contributed by atoms with Crippen molar-refractivity contribution in [1.82, 2.24) is 0 Å². The average Bonchev–Trinajstić information content (AvgIpc) is 2.70. The molecular weight excluding hydrogens is 372 g/mol. The van der Waals surface area contributed by atoms with Crippen LogP contribution in [-0.2, 0) is 4.79 Å². The van der Waals surface area contributed by atoms with Gasteiger partial charge in [-0.2, -0.15) is 0 Å². The molecule has 3 aromatic carbocycles. The van der Waals surface area contributed by atoms with Crippen molar-refractivity contribution >= 4 is 29.3 Å². The van der Waals surface area contributed by atoms with Gasteiger partial charge in [0.05, 0.1) is 11.3 Å². The fourth-order valence-corrected chi connectivity index (χ4v) is 3.26. The first-order chi connectivity index (χ1) is 13.5. The van der Waals surface area contributed by atoms with Gasteiger partial charge in [0.1, 0.15) is 11.5 Å². The highest BCUT2D eigenvalue weighted by atomic mass is 32.2. The summed E-state index contributed by atoms with van der Waals surface area (Å²) < 4.78 is 5.79. The van der Waals surface area contributed by atoms with Crippen molar-refractivity contribution in [2.75, 3.05) is 11.1 Å². The Morgan fingerprint density at radius 3 is 2.18 bits per heavy atom. The zero-order chi connectivity index (χ0) is 19.9. The van der Waals surface area contributed by atoms with E-state index >= 15 is 0 Å². The monoisotopic (exact) mass is 392 g/mol. The molecule has 6 heteroatoms. The molecule has 0 spiro atoms. The number of thioether (sulfide) groups is 1. The fraction of sp³-hybridized carbons (Fsp3) is 0.0909. The summed E-state index contributed by atoms with van der Waals surface area (Å²) in [4.78, 5) is 24.3. The van der Waals surface area contributed by atoms with E-state index in [0.29, 0.717) is 21.9 Å². The molecule has 0 saturated heterocycles. The van der Waals surface area contributed by atoms with E-state index in [1.54, 1.807) is 42.5 Å². The highest BCUT2D eigenvalue weighted by Crippen LogP contribution is 2.25. The smallest absolute Gasteiger partial charge is 0.256 e. The molecule has 5 nitrogen and oxygen atoms in total. The molecule has 0 fully saturated rings. The number of nitrogens with one attached hydrogen (secondary N) is 1. The molecule has 0 saturated carbocycles. The highest BCUT2D eigenvalue weighted by molar-refractivity contribution is 8.00. The highest BCUT2D eigenvalue weighted by Gasteiger charge is 2.12. The van der Waals surface area contributed by atoms with Crippen LogP contribution in [0.3, 0.4) is 0 Å². The van der Waals surface area contributed by atoms with Crippen molar-refractivity contribution in [3.05, 3.63) is 83.9 Å². The molecule has 0 aromatic heterocycles. The maximum absolute atomic E-state index is 12.6. The van der Waals surface area contributed by atoms with E-state index in [9.17, 15) is 9.59 Å². The van der Waals surface area contributed by atoms with E-state index in [1.807, 2.05) is 37.3 Å². The molecule has 0 aliphatic rings. The zero-order valence-electron chi connectivity index (χ0n) is 15.3. The Hall–Kier alpha value is -3.25. The average molecular weight is 392 g/mol. The number of anilines is 1. The molecule has 3 aromatic rings. The lowest BCUT2D eigenvalue weighted by Gasteiger charge is -2.10. The van der Waals surface area contributed by atoms with Gasteiger partial charge >= 0.3 is 0 Å². The SMILES string of the molecule is Cc1ccc(Oc2ccc(NC(=O)c3ccccc3SCC(N)=O)cc2)cc1. The van der Waals surface area contributed by atoms with Crippen molar-refractivity contribution in [2.24, 2.45) is 5.73 Å². The quantitative estimate of drug-likeness (QED) is 0.575. The second kappa shape index (κ2) is 9.10. The largest absolute Gasteiger partial charge is 0.457 e. The first kappa shape index (κ1) is 19.5. The Kier molecular flexibility index (Phi) is 6.34. The first-order valence-corrected chi connectivity index (χ1v) is 9.66. The molecule has 0 atom stereocenters. The Morgan fingerprint density at radius 1 is 0.929 bits per heavy atom. The summed E-state index contributed by atoms with van der Waals surface area (Å²) in [6.45, 7) is 2.02. The van der Waals surface area contributed by atoms with Crippen LogP contribution in [0.5, 0.6) is 11.5 Å². The predicted octanol–water partition coefficient (Wildman–Crippen LogP) is 4.62. The van der Waals surface area contributed by atoms with Crippen LogP contribution in [0.15, 0.2) is 77.7 Å². The molecule has 0 aliphatic heterocycles. The van der Waals surface area contributed by atoms with Gasteiger partial charge in [-0.1, -0.05) is 29.8 Å². The minimum atomic E-state index is -0.427.